The van der Waals surface area contributed by atoms with Gasteiger partial charge < -0.3 is 15.5 Å². The van der Waals surface area contributed by atoms with Crippen LogP contribution < -0.4 is 5.32 Å². The van der Waals surface area contributed by atoms with E-state index in [0.717, 1.165) is 0 Å². The standard InChI is InChI=1S/C8H14N2O4/c1-5(11)9-6-2-10(3-7(6)12)4-8(13)14/h6-7,12H,2-4H2,1H3,(H,9,11)(H,13,14)/t6-,7+/m1/s1. The van der Waals surface area contributed by atoms with Crippen LogP contribution in [0.3, 0.4) is 0 Å². The van der Waals surface area contributed by atoms with Gasteiger partial charge in [-0.1, -0.05) is 0 Å². The van der Waals surface area contributed by atoms with Crippen molar-refractivity contribution in [2.24, 2.45) is 0 Å². The number of carbonyl (C=O) groups excluding carboxylic acids is 1. The van der Waals surface area contributed by atoms with Crippen molar-refractivity contribution in [2.45, 2.75) is 19.1 Å². The third-order valence-corrected chi connectivity index (χ3v) is 2.11. The zero-order valence-corrected chi connectivity index (χ0v) is 7.93. The van der Waals surface area contributed by atoms with Crippen molar-refractivity contribution in [1.29, 1.82) is 0 Å². The molecule has 0 unspecified atom stereocenters. The Kier molecular flexibility index (Phi) is 3.43. The maximum Gasteiger partial charge on any atom is 0.317 e. The van der Waals surface area contributed by atoms with Crippen LogP contribution in [0, 0.1) is 0 Å². The van der Waals surface area contributed by atoms with Crippen LogP contribution in [0.25, 0.3) is 0 Å². The predicted octanol–water partition coefficient (Wildman–Crippen LogP) is -1.75. The molecule has 0 bridgehead atoms. The van der Waals surface area contributed by atoms with Gasteiger partial charge in [-0.2, -0.15) is 0 Å². The van der Waals surface area contributed by atoms with Crippen LogP contribution in [0.2, 0.25) is 0 Å². The summed E-state index contributed by atoms with van der Waals surface area (Å²) in [6, 6.07) is -0.355. The van der Waals surface area contributed by atoms with E-state index >= 15 is 0 Å². The molecule has 1 rings (SSSR count). The number of nitrogens with zero attached hydrogens (tertiary/aromatic N) is 1. The summed E-state index contributed by atoms with van der Waals surface area (Å²) in [5.41, 5.74) is 0. The van der Waals surface area contributed by atoms with E-state index in [1.54, 1.807) is 4.90 Å². The average molecular weight is 202 g/mol. The molecule has 6 nitrogen and oxygen atoms in total. The number of aliphatic hydroxyl groups excluding tert-OH is 1. The van der Waals surface area contributed by atoms with E-state index in [1.165, 1.54) is 6.92 Å². The molecule has 0 spiro atoms. The molecule has 14 heavy (non-hydrogen) atoms. The number of aliphatic carboxylic acids is 1. The highest BCUT2D eigenvalue weighted by Crippen LogP contribution is 2.09. The Morgan fingerprint density at radius 3 is 2.64 bits per heavy atom. The molecule has 0 aromatic rings. The number of nitrogens with one attached hydrogen (secondary N) is 1. The molecule has 0 saturated carbocycles. The largest absolute Gasteiger partial charge is 0.480 e. The van der Waals surface area contributed by atoms with Crippen LogP contribution in [0.5, 0.6) is 0 Å². The van der Waals surface area contributed by atoms with Crippen molar-refractivity contribution in [3.63, 3.8) is 0 Å². The zero-order valence-electron chi connectivity index (χ0n) is 7.93. The van der Waals surface area contributed by atoms with Crippen LogP contribution in [0.4, 0.5) is 0 Å². The fourth-order valence-corrected chi connectivity index (χ4v) is 1.59. The second kappa shape index (κ2) is 4.39. The van der Waals surface area contributed by atoms with Gasteiger partial charge in [-0.05, 0) is 0 Å². The fourth-order valence-electron chi connectivity index (χ4n) is 1.59. The van der Waals surface area contributed by atoms with Gasteiger partial charge in [0, 0.05) is 20.0 Å². The highest BCUT2D eigenvalue weighted by Gasteiger charge is 2.32. The van der Waals surface area contributed by atoms with Gasteiger partial charge in [-0.15, -0.1) is 0 Å². The van der Waals surface area contributed by atoms with Gasteiger partial charge >= 0.3 is 5.97 Å². The Labute approximate surface area is 81.5 Å². The van der Waals surface area contributed by atoms with Gasteiger partial charge in [0.1, 0.15) is 0 Å². The minimum absolute atomic E-state index is 0.104. The first-order valence-electron chi connectivity index (χ1n) is 4.38. The normalized spacial score (nSPS) is 27.6. The zero-order chi connectivity index (χ0) is 10.7. The minimum Gasteiger partial charge on any atom is -0.480 e. The number of hydrogen-bond acceptors (Lipinski definition) is 4. The first-order valence-corrected chi connectivity index (χ1v) is 4.38. The molecular formula is C8H14N2O4. The number of β-amino-alcohol motifs (C(OH)–C–C–N with tert-alkyl or cyclic N) is 1. The summed E-state index contributed by atoms with van der Waals surface area (Å²) in [6.45, 7) is 1.93. The monoisotopic (exact) mass is 202 g/mol. The Bertz CT molecular complexity index is 243. The van der Waals surface area contributed by atoms with E-state index < -0.39 is 12.1 Å². The number of amides is 1. The molecule has 1 heterocycles. The molecule has 2 atom stereocenters. The Hall–Kier alpha value is -1.14. The lowest BCUT2D eigenvalue weighted by atomic mass is 10.2. The van der Waals surface area contributed by atoms with Crippen molar-refractivity contribution < 1.29 is 19.8 Å². The van der Waals surface area contributed by atoms with Crippen LogP contribution in [-0.4, -0.2) is 58.8 Å². The Morgan fingerprint density at radius 2 is 2.14 bits per heavy atom. The smallest absolute Gasteiger partial charge is 0.317 e. The van der Waals surface area contributed by atoms with Gasteiger partial charge in [0.05, 0.1) is 18.7 Å². The number of likely N-dealkylation sites (tertiary alicyclic amines) is 1. The lowest BCUT2D eigenvalue weighted by Gasteiger charge is -2.14. The van der Waals surface area contributed by atoms with Gasteiger partial charge in [-0.25, -0.2) is 0 Å². The third-order valence-electron chi connectivity index (χ3n) is 2.11. The Morgan fingerprint density at radius 1 is 1.50 bits per heavy atom. The lowest BCUT2D eigenvalue weighted by Crippen LogP contribution is -2.41. The molecule has 1 fully saturated rings. The number of hydrogen-bond donors (Lipinski definition) is 3. The number of rotatable bonds is 3. The van der Waals surface area contributed by atoms with Gasteiger partial charge in [0.2, 0.25) is 5.91 Å². The summed E-state index contributed by atoms with van der Waals surface area (Å²) < 4.78 is 0. The highest BCUT2D eigenvalue weighted by molar-refractivity contribution is 5.73. The topological polar surface area (TPSA) is 89.9 Å². The number of carboxylic acids is 1. The van der Waals surface area contributed by atoms with Crippen molar-refractivity contribution in [3.8, 4) is 0 Å². The molecule has 0 aromatic carbocycles. The van der Waals surface area contributed by atoms with Crippen molar-refractivity contribution in [1.82, 2.24) is 10.2 Å². The molecule has 3 N–H and O–H groups in total. The summed E-state index contributed by atoms with van der Waals surface area (Å²) in [4.78, 5) is 22.7. The molecule has 0 aliphatic carbocycles. The minimum atomic E-state index is -0.930. The van der Waals surface area contributed by atoms with E-state index in [1.807, 2.05) is 0 Å². The predicted molar refractivity (Wildman–Crippen MR) is 47.7 cm³/mol. The second-order valence-electron chi connectivity index (χ2n) is 3.46. The molecule has 1 aliphatic heterocycles. The van der Waals surface area contributed by atoms with Gasteiger partial charge in [-0.3, -0.25) is 14.5 Å². The van der Waals surface area contributed by atoms with Crippen molar-refractivity contribution in [3.05, 3.63) is 0 Å². The fraction of sp³-hybridized carbons (Fsp3) is 0.750. The van der Waals surface area contributed by atoms with Crippen LogP contribution in [-0.2, 0) is 9.59 Å². The molecule has 1 saturated heterocycles. The summed E-state index contributed by atoms with van der Waals surface area (Å²) in [6.07, 6.45) is -0.682. The van der Waals surface area contributed by atoms with E-state index in [4.69, 9.17) is 5.11 Å². The maximum atomic E-state index is 10.7. The van der Waals surface area contributed by atoms with Crippen LogP contribution in [0.15, 0.2) is 0 Å². The third kappa shape index (κ3) is 2.97. The molecule has 0 radical (unpaired) electrons. The number of aliphatic hydroxyl groups is 1. The molecule has 1 aliphatic rings. The van der Waals surface area contributed by atoms with Crippen LogP contribution in [0.1, 0.15) is 6.92 Å². The number of carboxylic acid groups (broad SMARTS) is 1. The summed E-state index contributed by atoms with van der Waals surface area (Å²) in [7, 11) is 0. The second-order valence-corrected chi connectivity index (χ2v) is 3.46. The molecular weight excluding hydrogens is 188 g/mol. The SMILES string of the molecule is CC(=O)N[C@@H]1CN(CC(=O)O)C[C@@H]1O. The first kappa shape index (κ1) is 10.9. The number of carbonyl (C=O) groups is 2. The Balaban J connectivity index is 2.42. The molecule has 80 valence electrons. The summed E-state index contributed by atoms with van der Waals surface area (Å²) in [5, 5.41) is 20.6. The molecule has 1 amide bonds. The quantitative estimate of drug-likeness (QED) is 0.505. The lowest BCUT2D eigenvalue weighted by molar-refractivity contribution is -0.138. The average Bonchev–Trinajstić information content (AvgIpc) is 2.28. The van der Waals surface area contributed by atoms with Crippen molar-refractivity contribution >= 4 is 11.9 Å². The first-order chi connectivity index (χ1) is 6.49. The van der Waals surface area contributed by atoms with E-state index in [9.17, 15) is 14.7 Å². The summed E-state index contributed by atoms with van der Waals surface area (Å²) in [5.74, 6) is -1.15. The van der Waals surface area contributed by atoms with Gasteiger partial charge in [0.25, 0.3) is 0 Å². The summed E-state index contributed by atoms with van der Waals surface area (Å²) >= 11 is 0. The molecule has 0 aromatic heterocycles. The van der Waals surface area contributed by atoms with E-state index in [0.29, 0.717) is 6.54 Å². The van der Waals surface area contributed by atoms with Gasteiger partial charge in [0.15, 0.2) is 0 Å². The molecule has 6 heteroatoms. The van der Waals surface area contributed by atoms with Crippen molar-refractivity contribution in [2.75, 3.05) is 19.6 Å². The highest BCUT2D eigenvalue weighted by atomic mass is 16.4. The van der Waals surface area contributed by atoms with E-state index in [2.05, 4.69) is 5.32 Å². The maximum absolute atomic E-state index is 10.7. The van der Waals surface area contributed by atoms with Crippen LogP contribution >= 0.6 is 0 Å². The van der Waals surface area contributed by atoms with E-state index in [-0.39, 0.29) is 25.0 Å².